The molecule has 1 aliphatic carbocycles. The zero-order valence-corrected chi connectivity index (χ0v) is 13.8. The third-order valence-electron chi connectivity index (χ3n) is 4.23. The first-order valence-electron chi connectivity index (χ1n) is 7.91. The monoisotopic (exact) mass is 310 g/mol. The highest BCUT2D eigenvalue weighted by atomic mass is 16.5. The molecule has 22 heavy (non-hydrogen) atoms. The van der Waals surface area contributed by atoms with Gasteiger partial charge in [0.05, 0.1) is 6.54 Å². The van der Waals surface area contributed by atoms with Crippen LogP contribution in [-0.2, 0) is 11.3 Å². The summed E-state index contributed by atoms with van der Waals surface area (Å²) in [5.74, 6) is 0.873. The number of urea groups is 1. The maximum Gasteiger partial charge on any atom is 0.315 e. The molecule has 0 spiro atoms. The number of nitrogens with one attached hydrogen (secondary N) is 2. The molecule has 1 aromatic rings. The molecule has 0 saturated heterocycles. The lowest BCUT2D eigenvalue weighted by molar-refractivity contribution is 0.0683. The van der Waals surface area contributed by atoms with Crippen molar-refractivity contribution in [3.8, 4) is 0 Å². The Kier molecular flexibility index (Phi) is 5.39. The summed E-state index contributed by atoms with van der Waals surface area (Å²) in [6.07, 6.45) is 3.10. The standard InChI is InChI=1S/C15H26N4O3/c1-5-21-10(2)13-18-12(22-19-13)9-16-14(20)17-11-7-6-8-15(11,3)4/h10-11H,5-9H2,1-4H3,(H2,16,17,20)/t10-,11+/m1/s1. The van der Waals surface area contributed by atoms with Crippen molar-refractivity contribution in [2.45, 2.75) is 65.6 Å². The minimum Gasteiger partial charge on any atom is -0.371 e. The van der Waals surface area contributed by atoms with E-state index in [9.17, 15) is 4.79 Å². The van der Waals surface area contributed by atoms with E-state index in [0.29, 0.717) is 18.3 Å². The lowest BCUT2D eigenvalue weighted by Crippen LogP contribution is -2.46. The predicted molar refractivity (Wildman–Crippen MR) is 81.1 cm³/mol. The third kappa shape index (κ3) is 4.19. The van der Waals surface area contributed by atoms with Crippen molar-refractivity contribution in [1.29, 1.82) is 0 Å². The fourth-order valence-electron chi connectivity index (χ4n) is 2.79. The van der Waals surface area contributed by atoms with Gasteiger partial charge in [0, 0.05) is 12.6 Å². The van der Waals surface area contributed by atoms with Crippen molar-refractivity contribution in [1.82, 2.24) is 20.8 Å². The van der Waals surface area contributed by atoms with E-state index in [4.69, 9.17) is 9.26 Å². The maximum atomic E-state index is 12.0. The Balaban J connectivity index is 1.79. The molecule has 1 heterocycles. The van der Waals surface area contributed by atoms with Gasteiger partial charge in [0.1, 0.15) is 6.10 Å². The molecule has 1 aliphatic rings. The van der Waals surface area contributed by atoms with E-state index >= 15 is 0 Å². The molecule has 1 aromatic heterocycles. The van der Waals surface area contributed by atoms with Crippen LogP contribution >= 0.6 is 0 Å². The minimum atomic E-state index is -0.212. The Morgan fingerprint density at radius 2 is 2.32 bits per heavy atom. The van der Waals surface area contributed by atoms with E-state index < -0.39 is 0 Å². The second-order valence-corrected chi connectivity index (χ2v) is 6.40. The summed E-state index contributed by atoms with van der Waals surface area (Å²) in [5.41, 5.74) is 0.155. The molecule has 0 bridgehead atoms. The van der Waals surface area contributed by atoms with Gasteiger partial charge < -0.3 is 19.9 Å². The van der Waals surface area contributed by atoms with E-state index in [-0.39, 0.29) is 30.1 Å². The zero-order valence-electron chi connectivity index (χ0n) is 13.8. The lowest BCUT2D eigenvalue weighted by atomic mass is 9.87. The van der Waals surface area contributed by atoms with Crippen LogP contribution in [0.15, 0.2) is 4.52 Å². The summed E-state index contributed by atoms with van der Waals surface area (Å²) >= 11 is 0. The summed E-state index contributed by atoms with van der Waals surface area (Å²) in [6.45, 7) is 8.94. The predicted octanol–water partition coefficient (Wildman–Crippen LogP) is 2.55. The van der Waals surface area contributed by atoms with E-state index in [0.717, 1.165) is 19.3 Å². The molecule has 124 valence electrons. The average Bonchev–Trinajstić information content (AvgIpc) is 3.04. The van der Waals surface area contributed by atoms with Crippen molar-refractivity contribution < 1.29 is 14.1 Å². The van der Waals surface area contributed by atoms with Gasteiger partial charge in [0.25, 0.3) is 0 Å². The van der Waals surface area contributed by atoms with Crippen molar-refractivity contribution in [2.75, 3.05) is 6.61 Å². The Hall–Kier alpha value is -1.63. The van der Waals surface area contributed by atoms with Crippen molar-refractivity contribution in [2.24, 2.45) is 5.41 Å². The topological polar surface area (TPSA) is 89.3 Å². The van der Waals surface area contributed by atoms with E-state index in [1.807, 2.05) is 13.8 Å². The second kappa shape index (κ2) is 7.09. The Labute approximate surface area is 131 Å². The summed E-state index contributed by atoms with van der Waals surface area (Å²) in [7, 11) is 0. The largest absolute Gasteiger partial charge is 0.371 e. The molecule has 2 rings (SSSR count). The molecule has 2 N–H and O–H groups in total. The molecule has 1 fully saturated rings. The van der Waals surface area contributed by atoms with Crippen LogP contribution in [0.2, 0.25) is 0 Å². The molecule has 2 atom stereocenters. The average molecular weight is 310 g/mol. The molecule has 0 aromatic carbocycles. The summed E-state index contributed by atoms with van der Waals surface area (Å²) in [4.78, 5) is 16.2. The molecule has 7 nitrogen and oxygen atoms in total. The third-order valence-corrected chi connectivity index (χ3v) is 4.23. The van der Waals surface area contributed by atoms with Gasteiger partial charge in [-0.25, -0.2) is 4.79 Å². The SMILES string of the molecule is CCO[C@H](C)c1noc(CNC(=O)N[C@H]2CCCC2(C)C)n1. The number of nitrogens with zero attached hydrogens (tertiary/aromatic N) is 2. The fraction of sp³-hybridized carbons (Fsp3) is 0.800. The molecular formula is C15H26N4O3. The van der Waals surface area contributed by atoms with Gasteiger partial charge in [-0.15, -0.1) is 0 Å². The number of hydrogen-bond acceptors (Lipinski definition) is 5. The molecular weight excluding hydrogens is 284 g/mol. The van der Waals surface area contributed by atoms with Gasteiger partial charge in [-0.2, -0.15) is 4.98 Å². The molecule has 0 aliphatic heterocycles. The summed E-state index contributed by atoms with van der Waals surface area (Å²) < 4.78 is 10.5. The Bertz CT molecular complexity index is 501. The molecule has 0 unspecified atom stereocenters. The van der Waals surface area contributed by atoms with Gasteiger partial charge in [0.2, 0.25) is 5.89 Å². The number of ether oxygens (including phenoxy) is 1. The van der Waals surface area contributed by atoms with Crippen LogP contribution in [-0.4, -0.2) is 28.8 Å². The van der Waals surface area contributed by atoms with Crippen LogP contribution in [0.25, 0.3) is 0 Å². The van der Waals surface area contributed by atoms with Crippen molar-refractivity contribution in [3.05, 3.63) is 11.7 Å². The number of hydrogen-bond donors (Lipinski definition) is 2. The lowest BCUT2D eigenvalue weighted by Gasteiger charge is -2.27. The van der Waals surface area contributed by atoms with Crippen LogP contribution in [0.1, 0.15) is 64.8 Å². The first-order chi connectivity index (χ1) is 10.4. The van der Waals surface area contributed by atoms with Gasteiger partial charge in [-0.3, -0.25) is 0 Å². The van der Waals surface area contributed by atoms with Crippen LogP contribution in [0, 0.1) is 5.41 Å². The van der Waals surface area contributed by atoms with Gasteiger partial charge in [-0.05, 0) is 32.1 Å². The summed E-state index contributed by atoms with van der Waals surface area (Å²) in [6, 6.07) is 0.0151. The van der Waals surface area contributed by atoms with Crippen LogP contribution < -0.4 is 10.6 Å². The maximum absolute atomic E-state index is 12.0. The first-order valence-corrected chi connectivity index (χ1v) is 7.91. The van der Waals surface area contributed by atoms with Crippen molar-refractivity contribution in [3.63, 3.8) is 0 Å². The normalized spacial score (nSPS) is 21.5. The number of amides is 2. The quantitative estimate of drug-likeness (QED) is 0.843. The fourth-order valence-corrected chi connectivity index (χ4v) is 2.79. The molecule has 1 saturated carbocycles. The first kappa shape index (κ1) is 16.7. The van der Waals surface area contributed by atoms with E-state index in [2.05, 4.69) is 34.6 Å². The second-order valence-electron chi connectivity index (χ2n) is 6.40. The van der Waals surface area contributed by atoms with Crippen LogP contribution in [0.4, 0.5) is 4.79 Å². The molecule has 2 amide bonds. The number of carbonyl (C=O) groups excluding carboxylic acids is 1. The van der Waals surface area contributed by atoms with Crippen molar-refractivity contribution >= 4 is 6.03 Å². The number of aromatic nitrogens is 2. The highest BCUT2D eigenvalue weighted by molar-refractivity contribution is 5.74. The summed E-state index contributed by atoms with van der Waals surface area (Å²) in [5, 5.41) is 9.64. The smallest absolute Gasteiger partial charge is 0.315 e. The number of rotatable bonds is 6. The highest BCUT2D eigenvalue weighted by Gasteiger charge is 2.35. The molecule has 7 heteroatoms. The van der Waals surface area contributed by atoms with E-state index in [1.54, 1.807) is 0 Å². The highest BCUT2D eigenvalue weighted by Crippen LogP contribution is 2.37. The Morgan fingerprint density at radius 1 is 1.55 bits per heavy atom. The van der Waals surface area contributed by atoms with Gasteiger partial charge in [-0.1, -0.05) is 25.4 Å². The number of carbonyl (C=O) groups is 1. The van der Waals surface area contributed by atoms with Gasteiger partial charge in [0.15, 0.2) is 5.82 Å². The Morgan fingerprint density at radius 3 is 2.95 bits per heavy atom. The van der Waals surface area contributed by atoms with E-state index in [1.165, 1.54) is 0 Å². The van der Waals surface area contributed by atoms with Gasteiger partial charge >= 0.3 is 6.03 Å². The van der Waals surface area contributed by atoms with Crippen LogP contribution in [0.5, 0.6) is 0 Å². The zero-order chi connectivity index (χ0) is 16.2. The van der Waals surface area contributed by atoms with Crippen LogP contribution in [0.3, 0.4) is 0 Å². The minimum absolute atomic E-state index is 0.155. The molecule has 0 radical (unpaired) electrons.